The van der Waals surface area contributed by atoms with E-state index in [0.717, 1.165) is 25.4 Å². The van der Waals surface area contributed by atoms with Crippen LogP contribution in [-0.4, -0.2) is 19.0 Å². The molecule has 0 aliphatic heterocycles. The lowest BCUT2D eigenvalue weighted by Crippen LogP contribution is -2.34. The van der Waals surface area contributed by atoms with Gasteiger partial charge >= 0.3 is 0 Å². The highest BCUT2D eigenvalue weighted by atomic mass is 15.1. The Morgan fingerprint density at radius 2 is 2.00 bits per heavy atom. The number of hydrogen-bond acceptors (Lipinski definition) is 1. The van der Waals surface area contributed by atoms with Gasteiger partial charge in [-0.25, -0.2) is 0 Å². The Hall–Kier alpha value is -0.730. The van der Waals surface area contributed by atoms with Crippen molar-refractivity contribution in [2.45, 2.75) is 59.3 Å². The third kappa shape index (κ3) is 4.97. The fourth-order valence-electron chi connectivity index (χ4n) is 2.98. The summed E-state index contributed by atoms with van der Waals surface area (Å²) in [6.07, 6.45) is 7.77. The Morgan fingerprint density at radius 3 is 2.53 bits per heavy atom. The second-order valence-corrected chi connectivity index (χ2v) is 5.93. The van der Waals surface area contributed by atoms with Gasteiger partial charge in [0.1, 0.15) is 0 Å². The molecular formula is C14H29N3. The fraction of sp³-hybridized carbons (Fsp3) is 0.929. The zero-order valence-corrected chi connectivity index (χ0v) is 11.8. The lowest BCUT2D eigenvalue weighted by Gasteiger charge is -2.29. The molecule has 3 nitrogen and oxygen atoms in total. The molecule has 1 aliphatic rings. The van der Waals surface area contributed by atoms with Crippen molar-refractivity contribution >= 4 is 5.96 Å². The first-order valence-corrected chi connectivity index (χ1v) is 7.12. The molecule has 0 saturated heterocycles. The zero-order valence-electron chi connectivity index (χ0n) is 11.8. The van der Waals surface area contributed by atoms with Gasteiger partial charge in [0.15, 0.2) is 5.96 Å². The minimum atomic E-state index is 0.437. The summed E-state index contributed by atoms with van der Waals surface area (Å²) >= 11 is 0. The van der Waals surface area contributed by atoms with Crippen LogP contribution in [0.4, 0.5) is 0 Å². The summed E-state index contributed by atoms with van der Waals surface area (Å²) in [5.74, 6) is 1.38. The molecule has 100 valence electrons. The first-order valence-electron chi connectivity index (χ1n) is 7.12. The first-order chi connectivity index (χ1) is 8.08. The molecular weight excluding hydrogens is 210 g/mol. The van der Waals surface area contributed by atoms with Crippen LogP contribution in [0.1, 0.15) is 59.3 Å². The van der Waals surface area contributed by atoms with Gasteiger partial charge in [0.05, 0.1) is 0 Å². The normalized spacial score (nSPS) is 19.9. The van der Waals surface area contributed by atoms with Gasteiger partial charge in [-0.3, -0.25) is 4.99 Å². The summed E-state index contributed by atoms with van der Waals surface area (Å²) in [5, 5.41) is 3.15. The average Bonchev–Trinajstić information content (AvgIpc) is 2.71. The molecule has 1 fully saturated rings. The molecule has 0 amide bonds. The summed E-state index contributed by atoms with van der Waals surface area (Å²) in [4.78, 5) is 4.55. The number of guanidine groups is 1. The Kier molecular flexibility index (Phi) is 5.79. The van der Waals surface area contributed by atoms with Gasteiger partial charge in [-0.15, -0.1) is 0 Å². The molecule has 3 N–H and O–H groups in total. The molecule has 17 heavy (non-hydrogen) atoms. The summed E-state index contributed by atoms with van der Waals surface area (Å²) in [6.45, 7) is 8.59. The third-order valence-electron chi connectivity index (χ3n) is 3.65. The van der Waals surface area contributed by atoms with E-state index < -0.39 is 0 Å². The van der Waals surface area contributed by atoms with E-state index in [1.807, 2.05) is 0 Å². The van der Waals surface area contributed by atoms with Gasteiger partial charge < -0.3 is 11.1 Å². The molecule has 0 spiro atoms. The van der Waals surface area contributed by atoms with Gasteiger partial charge in [-0.05, 0) is 37.0 Å². The van der Waals surface area contributed by atoms with Crippen molar-refractivity contribution in [3.8, 4) is 0 Å². The Balaban J connectivity index is 2.49. The number of nitrogens with two attached hydrogens (primary N) is 1. The molecule has 3 heteroatoms. The van der Waals surface area contributed by atoms with E-state index >= 15 is 0 Å². The highest BCUT2D eigenvalue weighted by molar-refractivity contribution is 5.77. The molecule has 1 aliphatic carbocycles. The number of nitrogens with zero attached hydrogens (tertiary/aromatic N) is 1. The minimum absolute atomic E-state index is 0.437. The Bertz CT molecular complexity index is 240. The van der Waals surface area contributed by atoms with Crippen molar-refractivity contribution in [1.29, 1.82) is 0 Å². The van der Waals surface area contributed by atoms with E-state index in [0.29, 0.717) is 11.4 Å². The van der Waals surface area contributed by atoms with E-state index in [4.69, 9.17) is 5.73 Å². The maximum Gasteiger partial charge on any atom is 0.188 e. The molecule has 0 aromatic rings. The molecule has 0 aromatic carbocycles. The SMILES string of the molecule is CCCNC(N)=NCC1(CC(C)C)CCCC1. The van der Waals surface area contributed by atoms with Crippen LogP contribution >= 0.6 is 0 Å². The molecule has 0 atom stereocenters. The number of hydrogen-bond donors (Lipinski definition) is 2. The summed E-state index contributed by atoms with van der Waals surface area (Å²) in [7, 11) is 0. The summed E-state index contributed by atoms with van der Waals surface area (Å²) < 4.78 is 0. The van der Waals surface area contributed by atoms with Gasteiger partial charge in [0, 0.05) is 13.1 Å². The van der Waals surface area contributed by atoms with E-state index in [-0.39, 0.29) is 0 Å². The van der Waals surface area contributed by atoms with E-state index in [9.17, 15) is 0 Å². The maximum atomic E-state index is 5.87. The third-order valence-corrected chi connectivity index (χ3v) is 3.65. The molecule has 0 radical (unpaired) electrons. The van der Waals surface area contributed by atoms with Gasteiger partial charge in [-0.2, -0.15) is 0 Å². The number of nitrogens with one attached hydrogen (secondary N) is 1. The fourth-order valence-corrected chi connectivity index (χ4v) is 2.98. The second-order valence-electron chi connectivity index (χ2n) is 5.93. The van der Waals surface area contributed by atoms with Gasteiger partial charge in [0.25, 0.3) is 0 Å². The van der Waals surface area contributed by atoms with Crippen LogP contribution in [-0.2, 0) is 0 Å². The van der Waals surface area contributed by atoms with Crippen LogP contribution in [0.3, 0.4) is 0 Å². The molecule has 0 unspecified atom stereocenters. The van der Waals surface area contributed by atoms with Crippen LogP contribution < -0.4 is 11.1 Å². The second kappa shape index (κ2) is 6.87. The highest BCUT2D eigenvalue weighted by Gasteiger charge is 2.34. The lowest BCUT2D eigenvalue weighted by molar-refractivity contribution is 0.245. The lowest BCUT2D eigenvalue weighted by atomic mass is 9.78. The van der Waals surface area contributed by atoms with Gasteiger partial charge in [-0.1, -0.05) is 33.6 Å². The van der Waals surface area contributed by atoms with Crippen molar-refractivity contribution in [3.05, 3.63) is 0 Å². The van der Waals surface area contributed by atoms with Crippen LogP contribution in [0, 0.1) is 11.3 Å². The predicted octanol–water partition coefficient (Wildman–Crippen LogP) is 2.91. The predicted molar refractivity (Wildman–Crippen MR) is 75.1 cm³/mol. The van der Waals surface area contributed by atoms with E-state index in [1.165, 1.54) is 32.1 Å². The molecule has 1 saturated carbocycles. The average molecular weight is 239 g/mol. The standard InChI is InChI=1S/C14H29N3/c1-4-9-16-13(15)17-11-14(10-12(2)3)7-5-6-8-14/h12H,4-11H2,1-3H3,(H3,15,16,17). The zero-order chi connectivity index (χ0) is 12.7. The Morgan fingerprint density at radius 1 is 1.35 bits per heavy atom. The largest absolute Gasteiger partial charge is 0.370 e. The van der Waals surface area contributed by atoms with Gasteiger partial charge in [0.2, 0.25) is 0 Å². The smallest absolute Gasteiger partial charge is 0.188 e. The van der Waals surface area contributed by atoms with Crippen molar-refractivity contribution in [2.75, 3.05) is 13.1 Å². The first kappa shape index (κ1) is 14.3. The van der Waals surface area contributed by atoms with E-state index in [2.05, 4.69) is 31.1 Å². The topological polar surface area (TPSA) is 50.4 Å². The number of aliphatic imine (C=N–C) groups is 1. The molecule has 0 bridgehead atoms. The molecule has 1 rings (SSSR count). The minimum Gasteiger partial charge on any atom is -0.370 e. The van der Waals surface area contributed by atoms with Crippen LogP contribution in [0.15, 0.2) is 4.99 Å². The highest BCUT2D eigenvalue weighted by Crippen LogP contribution is 2.43. The van der Waals surface area contributed by atoms with Crippen molar-refractivity contribution < 1.29 is 0 Å². The quantitative estimate of drug-likeness (QED) is 0.553. The van der Waals surface area contributed by atoms with Crippen molar-refractivity contribution in [2.24, 2.45) is 22.1 Å². The van der Waals surface area contributed by atoms with Crippen LogP contribution in [0.25, 0.3) is 0 Å². The van der Waals surface area contributed by atoms with Crippen molar-refractivity contribution in [3.63, 3.8) is 0 Å². The summed E-state index contributed by atoms with van der Waals surface area (Å²) in [5.41, 5.74) is 6.30. The van der Waals surface area contributed by atoms with Crippen LogP contribution in [0.5, 0.6) is 0 Å². The Labute approximate surface area is 106 Å². The van der Waals surface area contributed by atoms with Crippen LogP contribution in [0.2, 0.25) is 0 Å². The monoisotopic (exact) mass is 239 g/mol. The van der Waals surface area contributed by atoms with Crippen molar-refractivity contribution in [1.82, 2.24) is 5.32 Å². The molecule has 0 heterocycles. The number of rotatable bonds is 6. The summed E-state index contributed by atoms with van der Waals surface area (Å²) in [6, 6.07) is 0. The van der Waals surface area contributed by atoms with E-state index in [1.54, 1.807) is 0 Å². The molecule has 0 aromatic heterocycles. The maximum absolute atomic E-state index is 5.87.